The summed E-state index contributed by atoms with van der Waals surface area (Å²) in [5, 5.41) is 16.5. The number of benzene rings is 5. The van der Waals surface area contributed by atoms with E-state index in [0.717, 1.165) is 27.8 Å². The van der Waals surface area contributed by atoms with Gasteiger partial charge in [0, 0.05) is 28.9 Å². The molecule has 0 fully saturated rings. The maximum atomic E-state index is 13.4. The van der Waals surface area contributed by atoms with Gasteiger partial charge < -0.3 is 24.6 Å². The van der Waals surface area contributed by atoms with Crippen molar-refractivity contribution in [2.24, 2.45) is 0 Å². The van der Waals surface area contributed by atoms with Crippen molar-refractivity contribution >= 4 is 23.5 Å². The van der Waals surface area contributed by atoms with Crippen LogP contribution in [0.3, 0.4) is 0 Å². The third kappa shape index (κ3) is 8.29. The molecule has 250 valence electrons. The molecule has 1 aromatic heterocycles. The first kappa shape index (κ1) is 33.4. The maximum absolute atomic E-state index is 13.4. The first-order valence-corrected chi connectivity index (χ1v) is 15.9. The van der Waals surface area contributed by atoms with Gasteiger partial charge in [-0.05, 0) is 77.7 Å². The Kier molecular flexibility index (Phi) is 10.1. The molecular weight excluding hydrogens is 632 g/mol. The number of anilines is 1. The van der Waals surface area contributed by atoms with Gasteiger partial charge in [0.1, 0.15) is 12.3 Å². The fourth-order valence-electron chi connectivity index (χ4n) is 5.40. The van der Waals surface area contributed by atoms with Gasteiger partial charge >= 0.3 is 5.97 Å². The van der Waals surface area contributed by atoms with Gasteiger partial charge in [0.15, 0.2) is 0 Å². The smallest absolute Gasteiger partial charge is 0.323 e. The Bertz CT molecular complexity index is 2110. The quantitative estimate of drug-likeness (QED) is 0.139. The van der Waals surface area contributed by atoms with E-state index in [1.807, 2.05) is 36.4 Å². The number of hydrogen-bond acceptors (Lipinski definition) is 7. The van der Waals surface area contributed by atoms with Crippen LogP contribution in [0.4, 0.5) is 5.69 Å². The molecule has 0 aliphatic rings. The zero-order valence-corrected chi connectivity index (χ0v) is 27.5. The van der Waals surface area contributed by atoms with Crippen LogP contribution in [-0.4, -0.2) is 51.6 Å². The summed E-state index contributed by atoms with van der Waals surface area (Å²) in [6.45, 7) is 1.63. The minimum atomic E-state index is -1.14. The molecule has 0 bridgehead atoms. The lowest BCUT2D eigenvalue weighted by Crippen LogP contribution is -2.35. The Morgan fingerprint density at radius 2 is 1.42 bits per heavy atom. The Hall–Kier alpha value is -6.55. The van der Waals surface area contributed by atoms with Crippen LogP contribution in [0.2, 0.25) is 0 Å². The molecule has 2 amide bonds. The third-order valence-corrected chi connectivity index (χ3v) is 8.06. The van der Waals surface area contributed by atoms with E-state index >= 15 is 0 Å². The van der Waals surface area contributed by atoms with E-state index in [4.69, 9.17) is 9.26 Å². The second kappa shape index (κ2) is 15.1. The first-order valence-electron chi connectivity index (χ1n) is 15.9. The molecule has 0 saturated heterocycles. The number of aryl methyl sites for hydroxylation is 1. The summed E-state index contributed by atoms with van der Waals surface area (Å²) in [6.07, 6.45) is 0.152. The van der Waals surface area contributed by atoms with E-state index in [-0.39, 0.29) is 18.9 Å². The van der Waals surface area contributed by atoms with Gasteiger partial charge in [-0.15, -0.1) is 0 Å². The van der Waals surface area contributed by atoms with Crippen LogP contribution in [-0.2, 0) is 22.6 Å². The molecule has 0 spiro atoms. The molecule has 0 atom stereocenters. The summed E-state index contributed by atoms with van der Waals surface area (Å²) in [7, 11) is 1.57. The normalized spacial score (nSPS) is 10.8. The molecule has 10 heteroatoms. The van der Waals surface area contributed by atoms with Gasteiger partial charge in [0.05, 0.1) is 13.5 Å². The molecule has 5 aromatic carbocycles. The minimum Gasteiger partial charge on any atom is -0.497 e. The highest BCUT2D eigenvalue weighted by Crippen LogP contribution is 2.27. The summed E-state index contributed by atoms with van der Waals surface area (Å²) < 4.78 is 10.8. The molecule has 6 aromatic rings. The summed E-state index contributed by atoms with van der Waals surface area (Å²) >= 11 is 0. The van der Waals surface area contributed by atoms with Gasteiger partial charge in [0.25, 0.3) is 11.8 Å². The Balaban J connectivity index is 1.08. The summed E-state index contributed by atoms with van der Waals surface area (Å²) in [5.41, 5.74) is 7.24. The number of aromatic nitrogens is 2. The lowest BCUT2D eigenvalue weighted by molar-refractivity contribution is -0.137. The minimum absolute atomic E-state index is 0.0647. The zero-order valence-electron chi connectivity index (χ0n) is 27.5. The van der Waals surface area contributed by atoms with E-state index in [1.165, 1.54) is 10.5 Å². The number of carbonyl (C=O) groups excluding carboxylic acids is 2. The fraction of sp³-hybridized carbons (Fsp3) is 0.125. The summed E-state index contributed by atoms with van der Waals surface area (Å²) in [5.74, 6) is -0.358. The second-order valence-corrected chi connectivity index (χ2v) is 11.8. The maximum Gasteiger partial charge on any atom is 0.323 e. The average molecular weight is 667 g/mol. The topological polar surface area (TPSA) is 135 Å². The Morgan fingerprint density at radius 1 is 0.780 bits per heavy atom. The van der Waals surface area contributed by atoms with E-state index in [0.29, 0.717) is 34.3 Å². The highest BCUT2D eigenvalue weighted by Gasteiger charge is 2.20. The highest BCUT2D eigenvalue weighted by molar-refractivity contribution is 5.97. The lowest BCUT2D eigenvalue weighted by Gasteiger charge is -2.21. The van der Waals surface area contributed by atoms with Crippen molar-refractivity contribution in [3.63, 3.8) is 0 Å². The number of carboxylic acid groups (broad SMARTS) is 1. The van der Waals surface area contributed by atoms with Crippen LogP contribution in [0.25, 0.3) is 34.0 Å². The molecular formula is C40H34N4O6. The number of carbonyl (C=O) groups is 3. The predicted molar refractivity (Wildman–Crippen MR) is 189 cm³/mol. The van der Waals surface area contributed by atoms with Crippen LogP contribution in [0.5, 0.6) is 5.75 Å². The number of carboxylic acids is 1. The molecule has 6 rings (SSSR count). The van der Waals surface area contributed by atoms with Crippen molar-refractivity contribution in [2.75, 3.05) is 19.0 Å². The van der Waals surface area contributed by atoms with Crippen LogP contribution in [0, 0.1) is 6.92 Å². The molecule has 0 radical (unpaired) electrons. The summed E-state index contributed by atoms with van der Waals surface area (Å²) in [6, 6.07) is 37.0. The van der Waals surface area contributed by atoms with Crippen molar-refractivity contribution < 1.29 is 28.8 Å². The SMILES string of the molecule is COc1cccc(CC(=O)Nc2ccc(C(=O)N(CC(=O)O)Cc3ccc(-c4noc(-c5ccc(-c6ccc(C)cc6)cc5)n4)cc3)cc2)c1. The molecule has 0 unspecified atom stereocenters. The van der Waals surface area contributed by atoms with E-state index in [9.17, 15) is 19.5 Å². The molecule has 0 aliphatic heterocycles. The number of amides is 2. The van der Waals surface area contributed by atoms with Crippen molar-refractivity contribution in [3.8, 4) is 39.7 Å². The van der Waals surface area contributed by atoms with Gasteiger partial charge in [-0.3, -0.25) is 14.4 Å². The molecule has 50 heavy (non-hydrogen) atoms. The summed E-state index contributed by atoms with van der Waals surface area (Å²) in [4.78, 5) is 43.5. The predicted octanol–water partition coefficient (Wildman–Crippen LogP) is 7.30. The first-order chi connectivity index (χ1) is 24.2. The van der Waals surface area contributed by atoms with Crippen molar-refractivity contribution in [1.29, 1.82) is 0 Å². The Labute approximate surface area is 289 Å². The third-order valence-electron chi connectivity index (χ3n) is 8.06. The van der Waals surface area contributed by atoms with Gasteiger partial charge in [-0.1, -0.05) is 83.5 Å². The Morgan fingerprint density at radius 3 is 2.08 bits per heavy atom. The number of hydrogen-bond donors (Lipinski definition) is 2. The van der Waals surface area contributed by atoms with Crippen molar-refractivity contribution in [2.45, 2.75) is 19.9 Å². The average Bonchev–Trinajstić information content (AvgIpc) is 3.62. The van der Waals surface area contributed by atoms with E-state index in [2.05, 4.69) is 46.6 Å². The van der Waals surface area contributed by atoms with Crippen molar-refractivity contribution in [1.82, 2.24) is 15.0 Å². The number of nitrogens with one attached hydrogen (secondary N) is 1. The molecule has 0 aliphatic carbocycles. The van der Waals surface area contributed by atoms with Crippen LogP contribution in [0.1, 0.15) is 27.0 Å². The van der Waals surface area contributed by atoms with E-state index in [1.54, 1.807) is 67.8 Å². The highest BCUT2D eigenvalue weighted by atomic mass is 16.5. The van der Waals surface area contributed by atoms with Gasteiger partial charge in [-0.2, -0.15) is 4.98 Å². The van der Waals surface area contributed by atoms with Crippen LogP contribution < -0.4 is 10.1 Å². The standard InChI is InChI=1S/C40H34N4O6/c1-26-6-10-29(11-7-26)30-14-16-32(17-15-30)39-42-38(43-50-39)31-12-8-27(9-13-31)24-44(25-37(46)47)40(48)33-18-20-34(21-19-33)41-36(45)23-28-4-3-5-35(22-28)49-2/h3-22H,23-25H2,1-2H3,(H,41,45)(H,46,47). The number of rotatable bonds is 12. The largest absolute Gasteiger partial charge is 0.497 e. The van der Waals surface area contributed by atoms with E-state index < -0.39 is 18.4 Å². The number of nitrogens with zero attached hydrogens (tertiary/aromatic N) is 3. The lowest BCUT2D eigenvalue weighted by atomic mass is 10.0. The number of methoxy groups -OCH3 is 1. The fourth-order valence-corrected chi connectivity index (χ4v) is 5.40. The van der Waals surface area contributed by atoms with Crippen LogP contribution in [0.15, 0.2) is 126 Å². The van der Waals surface area contributed by atoms with Crippen molar-refractivity contribution in [3.05, 3.63) is 144 Å². The number of aliphatic carboxylic acids is 1. The zero-order chi connectivity index (χ0) is 35.0. The molecule has 0 saturated carbocycles. The van der Waals surface area contributed by atoms with Crippen LogP contribution >= 0.6 is 0 Å². The van der Waals surface area contributed by atoms with Gasteiger partial charge in [0.2, 0.25) is 11.7 Å². The monoisotopic (exact) mass is 666 g/mol. The van der Waals surface area contributed by atoms with Gasteiger partial charge in [-0.25, -0.2) is 0 Å². The second-order valence-electron chi connectivity index (χ2n) is 11.8. The molecule has 2 N–H and O–H groups in total. The molecule has 1 heterocycles. The number of ether oxygens (including phenoxy) is 1. The molecule has 10 nitrogen and oxygen atoms in total.